The van der Waals surface area contributed by atoms with E-state index < -0.39 is 50.6 Å². The molecule has 1 aliphatic heterocycles. The maximum absolute atomic E-state index is 13.8. The predicted molar refractivity (Wildman–Crippen MR) is 137 cm³/mol. The molecule has 0 amide bonds. The largest absolute Gasteiger partial charge is 0.463 e. The highest BCUT2D eigenvalue weighted by molar-refractivity contribution is 7.71. The third kappa shape index (κ3) is 7.15. The summed E-state index contributed by atoms with van der Waals surface area (Å²) in [7, 11) is -3.96. The zero-order valence-electron chi connectivity index (χ0n) is 20.9. The first-order chi connectivity index (χ1) is 17.4. The second kappa shape index (κ2) is 12.2. The molecule has 37 heavy (non-hydrogen) atoms. The predicted octanol–water partition coefficient (Wildman–Crippen LogP) is 3.64. The lowest BCUT2D eigenvalue weighted by Crippen LogP contribution is -2.32. The first-order valence-electron chi connectivity index (χ1n) is 11.6. The number of aromatic nitrogens is 2. The fraction of sp³-hybridized carbons (Fsp3) is 0.500. The van der Waals surface area contributed by atoms with Gasteiger partial charge in [0.2, 0.25) is 6.23 Å². The summed E-state index contributed by atoms with van der Waals surface area (Å²) in [5, 5.41) is 10.8. The van der Waals surface area contributed by atoms with E-state index >= 15 is 0 Å². The minimum atomic E-state index is -3.96. The zero-order chi connectivity index (χ0) is 27.3. The molecule has 0 aliphatic carbocycles. The first kappa shape index (κ1) is 28.8. The Kier molecular flexibility index (Phi) is 9.45. The molecule has 0 bridgehead atoms. The van der Waals surface area contributed by atoms with Crippen molar-refractivity contribution in [2.24, 2.45) is 5.92 Å². The molecule has 6 atom stereocenters. The van der Waals surface area contributed by atoms with Gasteiger partial charge in [-0.1, -0.05) is 25.1 Å². The van der Waals surface area contributed by atoms with Crippen LogP contribution in [0.1, 0.15) is 32.6 Å². The summed E-state index contributed by atoms with van der Waals surface area (Å²) >= 11 is 5.22. The molecule has 2 N–H and O–H groups in total. The molecule has 2 heterocycles. The highest BCUT2D eigenvalue weighted by atomic mass is 32.1. The summed E-state index contributed by atoms with van der Waals surface area (Å²) in [6.45, 7) is 13.7. The molecule has 2 aromatic rings. The molecule has 0 spiro atoms. The highest BCUT2D eigenvalue weighted by Gasteiger charge is 2.51. The van der Waals surface area contributed by atoms with Crippen LogP contribution >= 0.6 is 19.8 Å². The summed E-state index contributed by atoms with van der Waals surface area (Å²) in [6.07, 6.45) is -2.58. The van der Waals surface area contributed by atoms with Crippen molar-refractivity contribution in [3.63, 3.8) is 0 Å². The number of aliphatic hydroxyl groups is 1. The van der Waals surface area contributed by atoms with Crippen molar-refractivity contribution in [1.82, 2.24) is 9.55 Å². The van der Waals surface area contributed by atoms with E-state index in [1.54, 1.807) is 58.0 Å². The van der Waals surface area contributed by atoms with Crippen LogP contribution in [-0.4, -0.2) is 57.7 Å². The van der Waals surface area contributed by atoms with Crippen LogP contribution in [-0.2, 0) is 23.4 Å². The van der Waals surface area contributed by atoms with E-state index in [1.165, 1.54) is 10.8 Å². The van der Waals surface area contributed by atoms with Gasteiger partial charge in [0.05, 0.1) is 24.8 Å². The van der Waals surface area contributed by atoms with Gasteiger partial charge >= 0.3 is 13.6 Å². The van der Waals surface area contributed by atoms with Crippen molar-refractivity contribution in [3.8, 4) is 5.75 Å². The summed E-state index contributed by atoms with van der Waals surface area (Å²) in [4.78, 5) is 30.2. The molecule has 200 valence electrons. The number of para-hydroxylation sites is 1. The third-order valence-corrected chi connectivity index (χ3v) is 7.92. The molecular formula is C24H30N3O8PS. The number of carbonyl (C=O) groups is 1. The fourth-order valence-electron chi connectivity index (χ4n) is 3.72. The minimum Gasteiger partial charge on any atom is -0.463 e. The second-order valence-electron chi connectivity index (χ2n) is 9.03. The van der Waals surface area contributed by atoms with Gasteiger partial charge in [0.1, 0.15) is 11.9 Å². The normalized spacial score (nSPS) is 23.7. The van der Waals surface area contributed by atoms with Crippen LogP contribution in [0.3, 0.4) is 0 Å². The van der Waals surface area contributed by atoms with Gasteiger partial charge in [-0.3, -0.25) is 23.7 Å². The van der Waals surface area contributed by atoms with Gasteiger partial charge < -0.3 is 23.9 Å². The Hall–Kier alpha value is -2.81. The minimum absolute atomic E-state index is 0.0265. The van der Waals surface area contributed by atoms with E-state index in [-0.39, 0.29) is 28.3 Å². The van der Waals surface area contributed by atoms with E-state index in [0.29, 0.717) is 5.56 Å². The standard InChI is InChI=1S/C24H30N3O8PS/c1-14(2)33-23(30)16(4)13-36(31,35-17-9-7-6-8-10-17)32-12-18-20(28)19(25-5)22(34-18)27-11-15(3)21(29)26-24(27)37/h6-11,14,16,18-20,22,28H,12-13H2,1-4H3,(H,26,29,37)/t16-,18+,19-,20?,22+,36+/m1/s1. The number of rotatable bonds is 10. The van der Waals surface area contributed by atoms with Crippen molar-refractivity contribution in [2.45, 2.75) is 58.3 Å². The molecule has 0 saturated carbocycles. The lowest BCUT2D eigenvalue weighted by atomic mass is 10.1. The highest BCUT2D eigenvalue weighted by Crippen LogP contribution is 2.50. The van der Waals surface area contributed by atoms with E-state index in [0.717, 1.165) is 0 Å². The zero-order valence-corrected chi connectivity index (χ0v) is 22.6. The molecule has 1 aromatic heterocycles. The molecule has 1 saturated heterocycles. The Balaban J connectivity index is 1.81. The Bertz CT molecular complexity index is 1310. The van der Waals surface area contributed by atoms with Crippen molar-refractivity contribution >= 4 is 25.8 Å². The number of aryl methyl sites for hydroxylation is 1. The van der Waals surface area contributed by atoms with Gasteiger partial charge in [-0.15, -0.1) is 0 Å². The quantitative estimate of drug-likeness (QED) is 0.196. The number of aliphatic hydroxyl groups excluding tert-OH is 1. The van der Waals surface area contributed by atoms with Gasteiger partial charge in [-0.2, -0.15) is 0 Å². The molecule has 0 radical (unpaired) electrons. The third-order valence-electron chi connectivity index (χ3n) is 5.58. The van der Waals surface area contributed by atoms with Crippen LogP contribution < -0.4 is 10.1 Å². The van der Waals surface area contributed by atoms with Crippen LogP contribution in [0.15, 0.2) is 41.3 Å². The number of nitrogens with zero attached hydrogens (tertiary/aromatic N) is 2. The van der Waals surface area contributed by atoms with Gasteiger partial charge in [0, 0.05) is 11.8 Å². The molecule has 1 aromatic carbocycles. The van der Waals surface area contributed by atoms with Crippen LogP contribution in [0.25, 0.3) is 4.85 Å². The topological polar surface area (TPSA) is 133 Å². The van der Waals surface area contributed by atoms with Crippen LogP contribution in [0.4, 0.5) is 0 Å². The lowest BCUT2D eigenvalue weighted by molar-refractivity contribution is -0.151. The van der Waals surface area contributed by atoms with Gasteiger partial charge in [0.25, 0.3) is 11.6 Å². The van der Waals surface area contributed by atoms with Gasteiger partial charge in [-0.25, -0.2) is 11.1 Å². The number of hydrogen-bond donors (Lipinski definition) is 2. The van der Waals surface area contributed by atoms with Crippen LogP contribution in [0.2, 0.25) is 0 Å². The number of aromatic amines is 1. The Morgan fingerprint density at radius 1 is 1.32 bits per heavy atom. The van der Waals surface area contributed by atoms with Gasteiger partial charge in [-0.05, 0) is 45.1 Å². The Morgan fingerprint density at radius 2 is 2.00 bits per heavy atom. The maximum Gasteiger partial charge on any atom is 0.380 e. The molecule has 1 fully saturated rings. The molecule has 11 nitrogen and oxygen atoms in total. The van der Waals surface area contributed by atoms with Crippen LogP contribution in [0.5, 0.6) is 5.75 Å². The molecule has 1 aliphatic rings. The maximum atomic E-state index is 13.8. The van der Waals surface area contributed by atoms with Crippen molar-refractivity contribution < 1.29 is 33.0 Å². The monoisotopic (exact) mass is 551 g/mol. The molecule has 1 unspecified atom stereocenters. The number of carbonyl (C=O) groups excluding carboxylic acids is 1. The first-order valence-corrected chi connectivity index (χ1v) is 13.8. The number of ether oxygens (including phenoxy) is 2. The van der Waals surface area contributed by atoms with E-state index in [1.807, 2.05) is 0 Å². The average Bonchev–Trinajstić information content (AvgIpc) is 3.15. The molecular weight excluding hydrogens is 521 g/mol. The number of benzene rings is 1. The summed E-state index contributed by atoms with van der Waals surface area (Å²) in [5.74, 6) is -1.09. The summed E-state index contributed by atoms with van der Waals surface area (Å²) in [6, 6.07) is 7.28. The molecule has 3 rings (SSSR count). The van der Waals surface area contributed by atoms with E-state index in [9.17, 15) is 19.3 Å². The second-order valence-corrected chi connectivity index (χ2v) is 11.4. The van der Waals surface area contributed by atoms with E-state index in [2.05, 4.69) is 9.83 Å². The SMILES string of the molecule is [C-]#[N+][C@@H]1C(O)[C@H](CO[P@@](=O)(C[C@@H](C)C(=O)OC(C)C)Oc2ccccc2)O[C@@H]1n1cc(C)c(=O)[nH]c1=S. The van der Waals surface area contributed by atoms with Gasteiger partial charge in [0.15, 0.2) is 10.9 Å². The van der Waals surface area contributed by atoms with E-state index in [4.69, 9.17) is 37.3 Å². The van der Waals surface area contributed by atoms with Crippen LogP contribution in [0, 0.1) is 24.2 Å². The number of hydrogen-bond acceptors (Lipinski definition) is 9. The lowest BCUT2D eigenvalue weighted by Gasteiger charge is -2.24. The summed E-state index contributed by atoms with van der Waals surface area (Å²) in [5.41, 5.74) is -0.0266. The smallest absolute Gasteiger partial charge is 0.380 e. The van der Waals surface area contributed by atoms with Crippen molar-refractivity contribution in [3.05, 3.63) is 68.6 Å². The fourth-order valence-corrected chi connectivity index (χ4v) is 5.83. The molecule has 13 heteroatoms. The number of nitrogens with one attached hydrogen (secondary N) is 1. The number of H-pyrrole nitrogens is 1. The Labute approximate surface area is 219 Å². The number of esters is 1. The summed E-state index contributed by atoms with van der Waals surface area (Å²) < 4.78 is 37.7. The van der Waals surface area contributed by atoms with Crippen molar-refractivity contribution in [2.75, 3.05) is 12.8 Å². The average molecular weight is 552 g/mol. The Morgan fingerprint density at radius 3 is 2.62 bits per heavy atom. The van der Waals surface area contributed by atoms with Crippen molar-refractivity contribution in [1.29, 1.82) is 0 Å².